The van der Waals surface area contributed by atoms with Crippen molar-refractivity contribution >= 4 is 17.0 Å². The van der Waals surface area contributed by atoms with E-state index >= 15 is 0 Å². The second kappa shape index (κ2) is 5.51. The van der Waals surface area contributed by atoms with E-state index in [1.807, 2.05) is 12.1 Å². The van der Waals surface area contributed by atoms with E-state index in [0.29, 0.717) is 6.04 Å². The van der Waals surface area contributed by atoms with Crippen LogP contribution in [0.5, 0.6) is 0 Å². The maximum Gasteiger partial charge on any atom is 0.181 e. The van der Waals surface area contributed by atoms with Crippen LogP contribution in [0.25, 0.3) is 11.3 Å². The number of hydrogen-bond donors (Lipinski definition) is 1. The quantitative estimate of drug-likeness (QED) is 0.741. The van der Waals surface area contributed by atoms with Crippen LogP contribution in [-0.2, 0) is 0 Å². The van der Waals surface area contributed by atoms with Gasteiger partial charge in [0.05, 0.1) is 12.2 Å². The van der Waals surface area contributed by atoms with Gasteiger partial charge in [0.25, 0.3) is 0 Å². The van der Waals surface area contributed by atoms with Crippen molar-refractivity contribution in [2.75, 3.05) is 5.32 Å². The molecule has 4 heteroatoms. The lowest BCUT2D eigenvalue weighted by Gasteiger charge is -2.15. The second-order valence-corrected chi connectivity index (χ2v) is 5.72. The predicted molar refractivity (Wildman–Crippen MR) is 83.0 cm³/mol. The van der Waals surface area contributed by atoms with Crippen molar-refractivity contribution in [3.05, 3.63) is 58.7 Å². The number of aromatic nitrogens is 1. The number of thiophene rings is 1. The molecule has 3 nitrogen and oxygen atoms in total. The summed E-state index contributed by atoms with van der Waals surface area (Å²) < 4.78 is 5.29. The van der Waals surface area contributed by atoms with Crippen LogP contribution in [0.4, 0.5) is 5.69 Å². The van der Waals surface area contributed by atoms with Crippen LogP contribution in [0.2, 0.25) is 0 Å². The molecule has 102 valence electrons. The lowest BCUT2D eigenvalue weighted by atomic mass is 10.1. The highest BCUT2D eigenvalue weighted by Crippen LogP contribution is 2.28. The summed E-state index contributed by atoms with van der Waals surface area (Å²) in [7, 11) is 0. The van der Waals surface area contributed by atoms with E-state index in [2.05, 4.69) is 47.7 Å². The Morgan fingerprint density at radius 1 is 1.20 bits per heavy atom. The topological polar surface area (TPSA) is 38.1 Å². The summed E-state index contributed by atoms with van der Waals surface area (Å²) in [5, 5.41) is 5.66. The van der Waals surface area contributed by atoms with Crippen molar-refractivity contribution in [1.82, 2.24) is 4.98 Å². The third kappa shape index (κ3) is 2.60. The van der Waals surface area contributed by atoms with Crippen molar-refractivity contribution in [2.45, 2.75) is 19.9 Å². The van der Waals surface area contributed by atoms with Gasteiger partial charge in [-0.1, -0.05) is 0 Å². The van der Waals surface area contributed by atoms with Gasteiger partial charge in [0, 0.05) is 16.1 Å². The summed E-state index contributed by atoms with van der Waals surface area (Å²) in [5.74, 6) is 0.790. The fourth-order valence-corrected chi connectivity index (χ4v) is 3.17. The van der Waals surface area contributed by atoms with Crippen molar-refractivity contribution in [3.8, 4) is 11.3 Å². The summed E-state index contributed by atoms with van der Waals surface area (Å²) in [4.78, 5) is 5.31. The van der Waals surface area contributed by atoms with E-state index in [0.717, 1.165) is 17.0 Å². The van der Waals surface area contributed by atoms with Crippen LogP contribution in [0.1, 0.15) is 23.4 Å². The van der Waals surface area contributed by atoms with Gasteiger partial charge in [-0.3, -0.25) is 0 Å². The van der Waals surface area contributed by atoms with E-state index in [4.69, 9.17) is 4.42 Å². The maximum absolute atomic E-state index is 5.29. The molecule has 3 aromatic rings. The molecule has 1 atom stereocenters. The molecular weight excluding hydrogens is 268 g/mol. The molecule has 20 heavy (non-hydrogen) atoms. The molecule has 2 heterocycles. The Balaban J connectivity index is 1.74. The lowest BCUT2D eigenvalue weighted by Crippen LogP contribution is -2.05. The van der Waals surface area contributed by atoms with Crippen LogP contribution < -0.4 is 5.32 Å². The molecule has 0 spiro atoms. The van der Waals surface area contributed by atoms with Gasteiger partial charge in [0.15, 0.2) is 12.2 Å². The molecule has 0 bridgehead atoms. The Labute approximate surface area is 122 Å². The van der Waals surface area contributed by atoms with Gasteiger partial charge in [0.2, 0.25) is 0 Å². The Morgan fingerprint density at radius 2 is 2.00 bits per heavy atom. The Bertz CT molecular complexity index is 671. The first-order chi connectivity index (χ1) is 9.74. The Hall–Kier alpha value is -2.07. The monoisotopic (exact) mass is 284 g/mol. The van der Waals surface area contributed by atoms with E-state index < -0.39 is 0 Å². The summed E-state index contributed by atoms with van der Waals surface area (Å²) in [6.45, 7) is 4.33. The molecule has 1 unspecified atom stereocenters. The molecule has 0 aliphatic heterocycles. The number of aryl methyl sites for hydroxylation is 1. The fourth-order valence-electron chi connectivity index (χ4n) is 2.23. The average Bonchev–Trinajstić information content (AvgIpc) is 3.10. The number of anilines is 1. The first kappa shape index (κ1) is 12.9. The van der Waals surface area contributed by atoms with Crippen LogP contribution in [0.3, 0.4) is 0 Å². The minimum absolute atomic E-state index is 0.311. The normalized spacial score (nSPS) is 12.3. The van der Waals surface area contributed by atoms with Crippen molar-refractivity contribution < 1.29 is 4.42 Å². The molecule has 2 aromatic heterocycles. The molecule has 0 fully saturated rings. The zero-order chi connectivity index (χ0) is 13.9. The smallest absolute Gasteiger partial charge is 0.181 e. The summed E-state index contributed by atoms with van der Waals surface area (Å²) in [6, 6.07) is 10.7. The highest BCUT2D eigenvalue weighted by molar-refractivity contribution is 7.10. The van der Waals surface area contributed by atoms with E-state index in [-0.39, 0.29) is 0 Å². The van der Waals surface area contributed by atoms with Gasteiger partial charge in [0.1, 0.15) is 0 Å². The number of benzene rings is 1. The van der Waals surface area contributed by atoms with E-state index in [9.17, 15) is 0 Å². The van der Waals surface area contributed by atoms with Gasteiger partial charge < -0.3 is 9.73 Å². The van der Waals surface area contributed by atoms with Crippen LogP contribution in [-0.4, -0.2) is 4.98 Å². The lowest BCUT2D eigenvalue weighted by molar-refractivity contribution is 0.572. The third-order valence-electron chi connectivity index (χ3n) is 3.28. The number of oxazole rings is 1. The largest absolute Gasteiger partial charge is 0.444 e. The zero-order valence-corrected chi connectivity index (χ0v) is 12.3. The minimum atomic E-state index is 0.311. The molecule has 0 saturated carbocycles. The summed E-state index contributed by atoms with van der Waals surface area (Å²) in [5.41, 5.74) is 3.48. The predicted octanol–water partition coefficient (Wildman–Crippen LogP) is 4.88. The second-order valence-electron chi connectivity index (χ2n) is 4.78. The van der Waals surface area contributed by atoms with Gasteiger partial charge >= 0.3 is 0 Å². The SMILES string of the molecule is Cc1ccsc1C(C)Nc1ccc(-c2cnco2)cc1. The minimum Gasteiger partial charge on any atom is -0.444 e. The van der Waals surface area contributed by atoms with E-state index in [1.165, 1.54) is 16.8 Å². The molecular formula is C16H16N2OS. The fraction of sp³-hybridized carbons (Fsp3) is 0.188. The number of nitrogens with zero attached hydrogens (tertiary/aromatic N) is 1. The molecule has 1 N–H and O–H groups in total. The maximum atomic E-state index is 5.29. The first-order valence-corrected chi connectivity index (χ1v) is 7.41. The molecule has 0 aliphatic carbocycles. The van der Waals surface area contributed by atoms with Crippen LogP contribution >= 0.6 is 11.3 Å². The highest BCUT2D eigenvalue weighted by Gasteiger charge is 2.09. The molecule has 0 aliphatic rings. The van der Waals surface area contributed by atoms with Crippen LogP contribution in [0.15, 0.2) is 52.7 Å². The molecule has 0 amide bonds. The van der Waals surface area contributed by atoms with E-state index in [1.54, 1.807) is 17.5 Å². The number of rotatable bonds is 4. The molecule has 0 radical (unpaired) electrons. The summed E-state index contributed by atoms with van der Waals surface area (Å²) in [6.07, 6.45) is 3.17. The molecule has 3 rings (SSSR count). The third-order valence-corrected chi connectivity index (χ3v) is 4.48. The standard InChI is InChI=1S/C16H16N2OS/c1-11-7-8-20-16(11)12(2)18-14-5-3-13(4-6-14)15-9-17-10-19-15/h3-10,12,18H,1-2H3. The van der Waals surface area contributed by atoms with Gasteiger partial charge in [-0.2, -0.15) is 0 Å². The zero-order valence-electron chi connectivity index (χ0n) is 11.5. The summed E-state index contributed by atoms with van der Waals surface area (Å²) >= 11 is 1.79. The Morgan fingerprint density at radius 3 is 2.60 bits per heavy atom. The van der Waals surface area contributed by atoms with Gasteiger partial charge in [-0.05, 0) is 55.1 Å². The Kier molecular flexibility index (Phi) is 3.56. The average molecular weight is 284 g/mol. The van der Waals surface area contributed by atoms with Gasteiger partial charge in [-0.25, -0.2) is 4.98 Å². The molecule has 0 saturated heterocycles. The van der Waals surface area contributed by atoms with Crippen LogP contribution in [0, 0.1) is 6.92 Å². The molecule has 1 aromatic carbocycles. The van der Waals surface area contributed by atoms with Gasteiger partial charge in [-0.15, -0.1) is 11.3 Å². The number of hydrogen-bond acceptors (Lipinski definition) is 4. The number of nitrogens with one attached hydrogen (secondary N) is 1. The van der Waals surface area contributed by atoms with Crippen molar-refractivity contribution in [1.29, 1.82) is 0 Å². The highest BCUT2D eigenvalue weighted by atomic mass is 32.1. The first-order valence-electron chi connectivity index (χ1n) is 6.53. The van der Waals surface area contributed by atoms with Crippen molar-refractivity contribution in [2.24, 2.45) is 0 Å². The van der Waals surface area contributed by atoms with Crippen molar-refractivity contribution in [3.63, 3.8) is 0 Å².